The lowest BCUT2D eigenvalue weighted by Crippen LogP contribution is -2.15. The Labute approximate surface area is 180 Å². The zero-order chi connectivity index (χ0) is 21.5. The molecule has 0 aliphatic rings. The van der Waals surface area contributed by atoms with Gasteiger partial charge in [-0.25, -0.2) is 4.79 Å². The molecule has 0 aliphatic heterocycles. The highest BCUT2D eigenvalue weighted by molar-refractivity contribution is 9.10. The number of rotatable bonds is 7. The fourth-order valence-corrected chi connectivity index (χ4v) is 2.81. The van der Waals surface area contributed by atoms with Crippen LogP contribution in [0.15, 0.2) is 82.4 Å². The number of nitro groups is 1. The second-order valence-electron chi connectivity index (χ2n) is 6.08. The first-order valence-corrected chi connectivity index (χ1v) is 9.49. The second-order valence-corrected chi connectivity index (χ2v) is 6.93. The van der Waals surface area contributed by atoms with Gasteiger partial charge in [0, 0.05) is 17.7 Å². The predicted octanol–water partition coefficient (Wildman–Crippen LogP) is 4.41. The van der Waals surface area contributed by atoms with Crippen LogP contribution < -0.4 is 10.5 Å². The number of ether oxygens (including phenoxy) is 1. The molecule has 0 amide bonds. The molecular formula is C21H16BrN3O5. The minimum Gasteiger partial charge on any atom is -0.488 e. The third kappa shape index (κ3) is 5.42. The lowest BCUT2D eigenvalue weighted by atomic mass is 10.1. The maximum absolute atomic E-state index is 12.1. The standard InChI is InChI=1S/C21H16BrN3O5/c22-18-3-1-2-4-19(18)29-13-14-5-7-16(8-6-14)21(26)30-24-20(23)15-9-11-17(12-10-15)25(27)28/h1-12H,13H2,(H2,23,24). The summed E-state index contributed by atoms with van der Waals surface area (Å²) in [6, 6.07) is 19.6. The number of carbonyl (C=O) groups is 1. The number of nitrogens with two attached hydrogens (primary N) is 1. The number of nitrogens with zero attached hydrogens (tertiary/aromatic N) is 2. The van der Waals surface area contributed by atoms with Crippen LogP contribution in [0.1, 0.15) is 21.5 Å². The van der Waals surface area contributed by atoms with Crippen molar-refractivity contribution in [3.8, 4) is 5.75 Å². The van der Waals surface area contributed by atoms with Crippen LogP contribution in [0, 0.1) is 10.1 Å². The van der Waals surface area contributed by atoms with E-state index in [0.29, 0.717) is 17.7 Å². The monoisotopic (exact) mass is 469 g/mol. The maximum atomic E-state index is 12.1. The number of benzene rings is 3. The average Bonchev–Trinajstić information content (AvgIpc) is 2.77. The van der Waals surface area contributed by atoms with Crippen molar-refractivity contribution in [2.75, 3.05) is 0 Å². The molecule has 0 aliphatic carbocycles. The Bertz CT molecular complexity index is 1080. The van der Waals surface area contributed by atoms with Gasteiger partial charge < -0.3 is 15.3 Å². The Kier molecular flexibility index (Phi) is 6.76. The van der Waals surface area contributed by atoms with E-state index in [4.69, 9.17) is 15.3 Å². The third-order valence-corrected chi connectivity index (χ3v) is 4.68. The van der Waals surface area contributed by atoms with Crippen molar-refractivity contribution in [3.05, 3.63) is 104 Å². The number of nitro benzene ring substituents is 1. The van der Waals surface area contributed by atoms with E-state index >= 15 is 0 Å². The summed E-state index contributed by atoms with van der Waals surface area (Å²) in [5.74, 6) is -0.0353. The van der Waals surface area contributed by atoms with Crippen LogP contribution in [0.3, 0.4) is 0 Å². The molecular weight excluding hydrogens is 454 g/mol. The quantitative estimate of drug-likeness (QED) is 0.180. The number of amidine groups is 1. The molecule has 152 valence electrons. The van der Waals surface area contributed by atoms with Crippen molar-refractivity contribution >= 4 is 33.4 Å². The van der Waals surface area contributed by atoms with Crippen molar-refractivity contribution in [1.29, 1.82) is 0 Å². The average molecular weight is 470 g/mol. The summed E-state index contributed by atoms with van der Waals surface area (Å²) in [7, 11) is 0. The summed E-state index contributed by atoms with van der Waals surface area (Å²) in [6.07, 6.45) is 0. The summed E-state index contributed by atoms with van der Waals surface area (Å²) in [6.45, 7) is 0.336. The minimum absolute atomic E-state index is 0.0725. The van der Waals surface area contributed by atoms with Crippen LogP contribution in [-0.4, -0.2) is 16.7 Å². The van der Waals surface area contributed by atoms with Gasteiger partial charge in [0.1, 0.15) is 12.4 Å². The van der Waals surface area contributed by atoms with Crippen LogP contribution >= 0.6 is 15.9 Å². The fraction of sp³-hybridized carbons (Fsp3) is 0.0476. The Hall–Kier alpha value is -3.72. The minimum atomic E-state index is -0.682. The van der Waals surface area contributed by atoms with Gasteiger partial charge >= 0.3 is 5.97 Å². The summed E-state index contributed by atoms with van der Waals surface area (Å²) in [4.78, 5) is 27.2. The fourth-order valence-electron chi connectivity index (χ4n) is 2.41. The summed E-state index contributed by atoms with van der Waals surface area (Å²) in [5.41, 5.74) is 7.24. The lowest BCUT2D eigenvalue weighted by Gasteiger charge is -2.08. The predicted molar refractivity (Wildman–Crippen MR) is 114 cm³/mol. The van der Waals surface area contributed by atoms with Gasteiger partial charge in [-0.2, -0.15) is 0 Å². The van der Waals surface area contributed by atoms with Gasteiger partial charge in [-0.3, -0.25) is 10.1 Å². The van der Waals surface area contributed by atoms with Gasteiger partial charge in [-0.05, 0) is 57.9 Å². The highest BCUT2D eigenvalue weighted by Crippen LogP contribution is 2.24. The molecule has 0 bridgehead atoms. The van der Waals surface area contributed by atoms with Gasteiger partial charge in [0.25, 0.3) is 5.69 Å². The van der Waals surface area contributed by atoms with E-state index in [9.17, 15) is 14.9 Å². The van der Waals surface area contributed by atoms with E-state index in [0.717, 1.165) is 15.8 Å². The Balaban J connectivity index is 1.58. The molecule has 3 rings (SSSR count). The van der Waals surface area contributed by atoms with Gasteiger partial charge in [-0.1, -0.05) is 29.4 Å². The molecule has 0 spiro atoms. The molecule has 3 aromatic carbocycles. The summed E-state index contributed by atoms with van der Waals surface area (Å²) < 4.78 is 6.59. The highest BCUT2D eigenvalue weighted by atomic mass is 79.9. The molecule has 0 aromatic heterocycles. The molecule has 3 aromatic rings. The number of para-hydroxylation sites is 1. The first kappa shape index (κ1) is 21.0. The molecule has 0 unspecified atom stereocenters. The summed E-state index contributed by atoms with van der Waals surface area (Å²) in [5, 5.41) is 14.3. The van der Waals surface area contributed by atoms with Crippen LogP contribution in [0.5, 0.6) is 5.75 Å². The molecule has 8 nitrogen and oxygen atoms in total. The van der Waals surface area contributed by atoms with Crippen molar-refractivity contribution < 1.29 is 19.3 Å². The van der Waals surface area contributed by atoms with Crippen LogP contribution in [0.4, 0.5) is 5.69 Å². The first-order valence-electron chi connectivity index (χ1n) is 8.70. The highest BCUT2D eigenvalue weighted by Gasteiger charge is 2.10. The van der Waals surface area contributed by atoms with Crippen LogP contribution in [0.25, 0.3) is 0 Å². The van der Waals surface area contributed by atoms with E-state index in [1.807, 2.05) is 24.3 Å². The Morgan fingerprint density at radius 1 is 1.00 bits per heavy atom. The number of halogens is 1. The van der Waals surface area contributed by atoms with Crippen molar-refractivity contribution in [2.24, 2.45) is 10.9 Å². The van der Waals surface area contributed by atoms with Crippen molar-refractivity contribution in [3.63, 3.8) is 0 Å². The van der Waals surface area contributed by atoms with Gasteiger partial charge in [0.2, 0.25) is 0 Å². The lowest BCUT2D eigenvalue weighted by molar-refractivity contribution is -0.384. The molecule has 0 atom stereocenters. The number of hydrogen-bond acceptors (Lipinski definition) is 6. The SMILES string of the molecule is N/C(=N\OC(=O)c1ccc(COc2ccccc2Br)cc1)c1ccc([N+](=O)[O-])cc1. The first-order chi connectivity index (χ1) is 14.4. The molecule has 0 radical (unpaired) electrons. The zero-order valence-electron chi connectivity index (χ0n) is 15.5. The Morgan fingerprint density at radius 3 is 2.27 bits per heavy atom. The van der Waals surface area contributed by atoms with Gasteiger partial charge in [-0.15, -0.1) is 0 Å². The molecule has 30 heavy (non-hydrogen) atoms. The second kappa shape index (κ2) is 9.66. The maximum Gasteiger partial charge on any atom is 0.365 e. The largest absolute Gasteiger partial charge is 0.488 e. The van der Waals surface area contributed by atoms with E-state index in [2.05, 4.69) is 21.1 Å². The van der Waals surface area contributed by atoms with E-state index < -0.39 is 10.9 Å². The Morgan fingerprint density at radius 2 is 1.63 bits per heavy atom. The normalized spacial score (nSPS) is 11.0. The van der Waals surface area contributed by atoms with Crippen molar-refractivity contribution in [2.45, 2.75) is 6.61 Å². The van der Waals surface area contributed by atoms with E-state index in [1.54, 1.807) is 24.3 Å². The molecule has 0 heterocycles. The zero-order valence-corrected chi connectivity index (χ0v) is 17.1. The van der Waals surface area contributed by atoms with Gasteiger partial charge in [0.15, 0.2) is 5.84 Å². The number of hydrogen-bond donors (Lipinski definition) is 1. The topological polar surface area (TPSA) is 117 Å². The number of oxime groups is 1. The third-order valence-electron chi connectivity index (χ3n) is 4.02. The summed E-state index contributed by atoms with van der Waals surface area (Å²) >= 11 is 3.42. The number of carbonyl (C=O) groups excluding carboxylic acids is 1. The molecule has 2 N–H and O–H groups in total. The van der Waals surface area contributed by atoms with Gasteiger partial charge in [0.05, 0.1) is 15.0 Å². The van der Waals surface area contributed by atoms with Crippen molar-refractivity contribution in [1.82, 2.24) is 0 Å². The molecule has 0 fully saturated rings. The molecule has 0 saturated carbocycles. The van der Waals surface area contributed by atoms with Crippen LogP contribution in [0.2, 0.25) is 0 Å². The van der Waals surface area contributed by atoms with E-state index in [-0.39, 0.29) is 11.5 Å². The molecule has 9 heteroatoms. The smallest absolute Gasteiger partial charge is 0.365 e. The van der Waals surface area contributed by atoms with E-state index in [1.165, 1.54) is 24.3 Å². The van der Waals surface area contributed by atoms with Crippen LogP contribution in [-0.2, 0) is 11.4 Å². The molecule has 0 saturated heterocycles. The number of non-ortho nitro benzene ring substituents is 1.